The Labute approximate surface area is 350 Å². The average molecular weight is 829 g/mol. The van der Waals surface area contributed by atoms with Crippen LogP contribution in [-0.2, 0) is 19.1 Å². The predicted octanol–water partition coefficient (Wildman–Crippen LogP) is 7.87. The maximum absolute atomic E-state index is 12.9. The highest BCUT2D eigenvalue weighted by molar-refractivity contribution is 5.94. The minimum Gasteiger partial charge on any atom is -0.490 e. The lowest BCUT2D eigenvalue weighted by Gasteiger charge is -2.11. The molecule has 0 atom stereocenters. The van der Waals surface area contributed by atoms with Crippen LogP contribution in [0, 0.1) is 6.92 Å². The van der Waals surface area contributed by atoms with Crippen molar-refractivity contribution in [2.24, 2.45) is 0 Å². The fourth-order valence-corrected chi connectivity index (χ4v) is 4.98. The van der Waals surface area contributed by atoms with Gasteiger partial charge in [-0.05, 0) is 142 Å². The van der Waals surface area contributed by atoms with Gasteiger partial charge in [-0.25, -0.2) is 28.8 Å². The van der Waals surface area contributed by atoms with E-state index in [2.05, 4.69) is 13.2 Å². The van der Waals surface area contributed by atoms with E-state index in [0.29, 0.717) is 28.2 Å². The summed E-state index contributed by atoms with van der Waals surface area (Å²) in [7, 11) is 0. The summed E-state index contributed by atoms with van der Waals surface area (Å²) < 4.78 is 42.9. The lowest BCUT2D eigenvalue weighted by atomic mass is 10.2. The monoisotopic (exact) mass is 828 g/mol. The first-order valence-corrected chi connectivity index (χ1v) is 18.6. The Morgan fingerprint density at radius 3 is 1.07 bits per heavy atom. The average Bonchev–Trinajstić information content (AvgIpc) is 3.25. The standard InChI is InChI=1S/C47H40O14/c1-29(2)42(48)56-26-24-54-36-14-6-32(7-15-36)44(50)58-38-18-10-34(11-19-38)46(52)60-40-22-23-41(31(5)28-40)61-47(53)35-12-20-39(21-13-35)59-45(51)33-8-16-37(17-9-33)55-25-27-57-43(49)30(3)4/h6-23,28H,1,3,24-27H2,2,4-5H3. The number of hydrogen-bond donors (Lipinski definition) is 0. The Morgan fingerprint density at radius 2 is 0.721 bits per heavy atom. The number of aryl methyl sites for hydroxylation is 1. The molecule has 5 rings (SSSR count). The van der Waals surface area contributed by atoms with Crippen LogP contribution in [0.3, 0.4) is 0 Å². The summed E-state index contributed by atoms with van der Waals surface area (Å²) in [5.74, 6) is -1.84. The van der Waals surface area contributed by atoms with Gasteiger partial charge in [-0.15, -0.1) is 0 Å². The summed E-state index contributed by atoms with van der Waals surface area (Å²) in [6, 6.07) is 28.5. The fourth-order valence-electron chi connectivity index (χ4n) is 4.98. The molecule has 14 nitrogen and oxygen atoms in total. The van der Waals surface area contributed by atoms with Gasteiger partial charge in [0, 0.05) is 11.1 Å². The van der Waals surface area contributed by atoms with Gasteiger partial charge >= 0.3 is 35.8 Å². The maximum atomic E-state index is 12.9. The van der Waals surface area contributed by atoms with E-state index < -0.39 is 35.8 Å². The second kappa shape index (κ2) is 21.1. The zero-order valence-corrected chi connectivity index (χ0v) is 33.4. The molecule has 0 amide bonds. The SMILES string of the molecule is C=C(C)C(=O)OCCOc1ccc(C(=O)Oc2ccc(C(=O)Oc3ccc(OC(=O)c4ccc(OC(=O)c5ccc(OCCOC(=O)C(=C)C)cc5)cc4)c(C)c3)cc2)cc1. The number of hydrogen-bond acceptors (Lipinski definition) is 14. The van der Waals surface area contributed by atoms with E-state index in [-0.39, 0.29) is 71.7 Å². The van der Waals surface area contributed by atoms with Gasteiger partial charge in [-0.2, -0.15) is 0 Å². The highest BCUT2D eigenvalue weighted by Crippen LogP contribution is 2.26. The van der Waals surface area contributed by atoms with Gasteiger partial charge in [-0.3, -0.25) is 0 Å². The molecule has 0 saturated heterocycles. The molecule has 5 aromatic carbocycles. The number of benzene rings is 5. The van der Waals surface area contributed by atoms with Crippen molar-refractivity contribution in [1.82, 2.24) is 0 Å². The van der Waals surface area contributed by atoms with E-state index in [9.17, 15) is 28.8 Å². The van der Waals surface area contributed by atoms with Crippen LogP contribution in [0.25, 0.3) is 0 Å². The number of carbonyl (C=O) groups is 6. The molecule has 312 valence electrons. The largest absolute Gasteiger partial charge is 0.490 e. The summed E-state index contributed by atoms with van der Waals surface area (Å²) in [5, 5.41) is 0. The molecule has 0 aromatic heterocycles. The van der Waals surface area contributed by atoms with Gasteiger partial charge < -0.3 is 37.9 Å². The van der Waals surface area contributed by atoms with Crippen molar-refractivity contribution in [3.05, 3.63) is 167 Å². The molecule has 0 spiro atoms. The first kappa shape index (κ1) is 44.1. The third kappa shape index (κ3) is 13.3. The molecule has 0 heterocycles. The van der Waals surface area contributed by atoms with Crippen LogP contribution in [-0.4, -0.2) is 62.2 Å². The highest BCUT2D eigenvalue weighted by atomic mass is 16.6. The fraction of sp³-hybridized carbons (Fsp3) is 0.149. The van der Waals surface area contributed by atoms with Crippen LogP contribution in [0.15, 0.2) is 140 Å². The summed E-state index contributed by atoms with van der Waals surface area (Å²) >= 11 is 0. The van der Waals surface area contributed by atoms with E-state index in [4.69, 9.17) is 37.9 Å². The van der Waals surface area contributed by atoms with Crippen molar-refractivity contribution in [2.75, 3.05) is 26.4 Å². The van der Waals surface area contributed by atoms with Crippen molar-refractivity contribution in [3.8, 4) is 34.5 Å². The topological polar surface area (TPSA) is 176 Å². The summed E-state index contributed by atoms with van der Waals surface area (Å²) in [6.45, 7) is 12.1. The minimum absolute atomic E-state index is 0.0451. The Bertz CT molecular complexity index is 2410. The first-order valence-electron chi connectivity index (χ1n) is 18.6. The van der Waals surface area contributed by atoms with E-state index >= 15 is 0 Å². The molecule has 0 unspecified atom stereocenters. The number of esters is 6. The summed E-state index contributed by atoms with van der Waals surface area (Å²) in [6.07, 6.45) is 0. The molecular formula is C47H40O14. The number of ether oxygens (including phenoxy) is 8. The van der Waals surface area contributed by atoms with Crippen LogP contribution in [0.4, 0.5) is 0 Å². The molecule has 0 bridgehead atoms. The molecule has 0 aliphatic heterocycles. The smallest absolute Gasteiger partial charge is 0.343 e. The van der Waals surface area contributed by atoms with E-state index in [0.717, 1.165) is 0 Å². The molecule has 0 N–H and O–H groups in total. The third-order valence-electron chi connectivity index (χ3n) is 8.21. The zero-order valence-electron chi connectivity index (χ0n) is 33.4. The maximum Gasteiger partial charge on any atom is 0.343 e. The van der Waals surface area contributed by atoms with Gasteiger partial charge in [0.25, 0.3) is 0 Å². The lowest BCUT2D eigenvalue weighted by molar-refractivity contribution is -0.140. The molecule has 0 aliphatic carbocycles. The molecule has 0 fully saturated rings. The van der Waals surface area contributed by atoms with E-state index in [1.807, 2.05) is 0 Å². The second-order valence-corrected chi connectivity index (χ2v) is 13.1. The summed E-state index contributed by atoms with van der Waals surface area (Å²) in [4.78, 5) is 74.0. The van der Waals surface area contributed by atoms with Crippen LogP contribution >= 0.6 is 0 Å². The molecule has 5 aromatic rings. The van der Waals surface area contributed by atoms with E-state index in [1.165, 1.54) is 91.0 Å². The Morgan fingerprint density at radius 1 is 0.410 bits per heavy atom. The van der Waals surface area contributed by atoms with Gasteiger partial charge in [0.2, 0.25) is 0 Å². The molecule has 0 aliphatic rings. The Balaban J connectivity index is 1.05. The lowest BCUT2D eigenvalue weighted by Crippen LogP contribution is -2.13. The van der Waals surface area contributed by atoms with Crippen molar-refractivity contribution in [2.45, 2.75) is 20.8 Å². The van der Waals surface area contributed by atoms with Crippen LogP contribution in [0.1, 0.15) is 60.8 Å². The van der Waals surface area contributed by atoms with Crippen molar-refractivity contribution in [3.63, 3.8) is 0 Å². The van der Waals surface area contributed by atoms with Gasteiger partial charge in [0.15, 0.2) is 0 Å². The minimum atomic E-state index is -0.672. The Kier molecular flexibility index (Phi) is 15.3. The Hall–Kier alpha value is -8.00. The van der Waals surface area contributed by atoms with Gasteiger partial charge in [-0.1, -0.05) is 13.2 Å². The quantitative estimate of drug-likeness (QED) is 0.0361. The normalized spacial score (nSPS) is 10.3. The summed E-state index contributed by atoms with van der Waals surface area (Å²) in [5.41, 5.74) is 2.00. The van der Waals surface area contributed by atoms with Crippen molar-refractivity contribution in [1.29, 1.82) is 0 Å². The van der Waals surface area contributed by atoms with Crippen molar-refractivity contribution >= 4 is 35.8 Å². The molecule has 61 heavy (non-hydrogen) atoms. The number of carbonyl (C=O) groups excluding carboxylic acids is 6. The zero-order chi connectivity index (χ0) is 43.9. The highest BCUT2D eigenvalue weighted by Gasteiger charge is 2.16. The predicted molar refractivity (Wildman–Crippen MR) is 219 cm³/mol. The van der Waals surface area contributed by atoms with Gasteiger partial charge in [0.1, 0.15) is 60.9 Å². The van der Waals surface area contributed by atoms with Gasteiger partial charge in [0.05, 0.1) is 22.3 Å². The van der Waals surface area contributed by atoms with Crippen molar-refractivity contribution < 1.29 is 66.7 Å². The molecule has 0 saturated carbocycles. The third-order valence-corrected chi connectivity index (χ3v) is 8.21. The number of rotatable bonds is 18. The van der Waals surface area contributed by atoms with Crippen LogP contribution in [0.2, 0.25) is 0 Å². The van der Waals surface area contributed by atoms with Crippen LogP contribution < -0.4 is 28.4 Å². The first-order chi connectivity index (χ1) is 29.2. The molecular weight excluding hydrogens is 789 g/mol. The van der Waals surface area contributed by atoms with E-state index in [1.54, 1.807) is 45.0 Å². The molecule has 14 heteroatoms. The molecule has 0 radical (unpaired) electrons. The second-order valence-electron chi connectivity index (χ2n) is 13.1. The van der Waals surface area contributed by atoms with Crippen LogP contribution in [0.5, 0.6) is 34.5 Å².